The number of ether oxygens (including phenoxy) is 2. The summed E-state index contributed by atoms with van der Waals surface area (Å²) in [6, 6.07) is 12.7. The van der Waals surface area contributed by atoms with Crippen LogP contribution in [0.3, 0.4) is 0 Å². The highest BCUT2D eigenvalue weighted by atomic mass is 32.1. The molecule has 4 nitrogen and oxygen atoms in total. The van der Waals surface area contributed by atoms with Gasteiger partial charge < -0.3 is 14.8 Å². The Bertz CT molecular complexity index is 841. The topological polar surface area (TPSA) is 47.6 Å². The van der Waals surface area contributed by atoms with Crippen LogP contribution in [0, 0.1) is 5.82 Å². The maximum atomic E-state index is 14.1. The first kappa shape index (κ1) is 20.8. The molecule has 1 saturated heterocycles. The molecule has 150 valence electrons. The minimum Gasteiger partial charge on any atom is -0.348 e. The quantitative estimate of drug-likeness (QED) is 0.729. The first-order chi connectivity index (χ1) is 13.2. The second-order valence-corrected chi connectivity index (χ2v) is 8.32. The lowest BCUT2D eigenvalue weighted by molar-refractivity contribution is -0.271. The van der Waals surface area contributed by atoms with E-state index in [1.54, 1.807) is 12.1 Å². The molecule has 1 aliphatic heterocycles. The summed E-state index contributed by atoms with van der Waals surface area (Å²) in [6.45, 7) is 6.03. The second kappa shape index (κ2) is 8.23. The number of rotatable bonds is 5. The summed E-state index contributed by atoms with van der Waals surface area (Å²) in [4.78, 5) is 12.3. The molecule has 0 aliphatic carbocycles. The fraction of sp³-hybridized carbons (Fsp3) is 0.409. The fourth-order valence-corrected chi connectivity index (χ4v) is 3.52. The summed E-state index contributed by atoms with van der Waals surface area (Å²) in [5.41, 5.74) is 1.92. The van der Waals surface area contributed by atoms with Crippen LogP contribution in [-0.4, -0.2) is 30.4 Å². The molecule has 0 aromatic heterocycles. The van der Waals surface area contributed by atoms with Gasteiger partial charge in [-0.1, -0.05) is 30.3 Å². The number of carbonyl (C=O) groups is 1. The summed E-state index contributed by atoms with van der Waals surface area (Å²) in [5.74, 6) is -1.04. The Labute approximate surface area is 170 Å². The van der Waals surface area contributed by atoms with Crippen molar-refractivity contribution in [3.63, 3.8) is 0 Å². The molecule has 0 spiro atoms. The lowest BCUT2D eigenvalue weighted by Gasteiger charge is -2.43. The molecular formula is C22H26FNO3S. The monoisotopic (exact) mass is 403 g/mol. The third-order valence-electron chi connectivity index (χ3n) is 4.94. The SMILES string of the molecule is CC(=O)NC1(CCc2ccc(-c3ccc(S)cc3F)cc2)COC(C)(C)OC1. The fourth-order valence-electron chi connectivity index (χ4n) is 3.33. The van der Waals surface area contributed by atoms with Gasteiger partial charge in [-0.05, 0) is 49.9 Å². The number of hydrogen-bond donors (Lipinski definition) is 2. The van der Waals surface area contributed by atoms with Crippen LogP contribution < -0.4 is 5.32 Å². The van der Waals surface area contributed by atoms with Crippen LogP contribution in [0.15, 0.2) is 47.4 Å². The molecule has 1 heterocycles. The largest absolute Gasteiger partial charge is 0.348 e. The van der Waals surface area contributed by atoms with Crippen LogP contribution in [0.5, 0.6) is 0 Å². The van der Waals surface area contributed by atoms with Crippen molar-refractivity contribution in [1.29, 1.82) is 0 Å². The lowest BCUT2D eigenvalue weighted by atomic mass is 9.91. The van der Waals surface area contributed by atoms with E-state index in [1.807, 2.05) is 38.1 Å². The Hall–Kier alpha value is -1.89. The molecule has 1 amide bonds. The van der Waals surface area contributed by atoms with Gasteiger partial charge in [0.25, 0.3) is 0 Å². The number of thiol groups is 1. The van der Waals surface area contributed by atoms with E-state index in [1.165, 1.54) is 13.0 Å². The molecule has 1 fully saturated rings. The van der Waals surface area contributed by atoms with Gasteiger partial charge in [-0.25, -0.2) is 4.39 Å². The minimum absolute atomic E-state index is 0.106. The van der Waals surface area contributed by atoms with Gasteiger partial charge >= 0.3 is 0 Å². The molecule has 2 aromatic carbocycles. The lowest BCUT2D eigenvalue weighted by Crippen LogP contribution is -2.60. The number of aryl methyl sites for hydroxylation is 1. The van der Waals surface area contributed by atoms with Crippen LogP contribution in [-0.2, 0) is 20.7 Å². The van der Waals surface area contributed by atoms with E-state index in [0.29, 0.717) is 30.1 Å². The Morgan fingerprint density at radius 2 is 1.79 bits per heavy atom. The van der Waals surface area contributed by atoms with Gasteiger partial charge in [0.2, 0.25) is 5.91 Å². The third kappa shape index (κ3) is 5.13. The van der Waals surface area contributed by atoms with Crippen LogP contribution in [0.2, 0.25) is 0 Å². The molecule has 3 rings (SSSR count). The predicted molar refractivity (Wildman–Crippen MR) is 110 cm³/mol. The maximum Gasteiger partial charge on any atom is 0.217 e. The van der Waals surface area contributed by atoms with Crippen molar-refractivity contribution in [1.82, 2.24) is 5.32 Å². The molecule has 28 heavy (non-hydrogen) atoms. The van der Waals surface area contributed by atoms with E-state index < -0.39 is 11.3 Å². The molecule has 0 unspecified atom stereocenters. The van der Waals surface area contributed by atoms with E-state index >= 15 is 0 Å². The van der Waals surface area contributed by atoms with Gasteiger partial charge in [0.15, 0.2) is 5.79 Å². The van der Waals surface area contributed by atoms with Crippen LogP contribution in [0.25, 0.3) is 11.1 Å². The van der Waals surface area contributed by atoms with Crippen molar-refractivity contribution < 1.29 is 18.7 Å². The van der Waals surface area contributed by atoms with Gasteiger partial charge in [-0.3, -0.25) is 4.79 Å². The zero-order chi connectivity index (χ0) is 20.4. The first-order valence-electron chi connectivity index (χ1n) is 9.33. The molecule has 1 aliphatic rings. The van der Waals surface area contributed by atoms with Crippen molar-refractivity contribution in [3.05, 3.63) is 53.8 Å². The van der Waals surface area contributed by atoms with Crippen molar-refractivity contribution in [2.24, 2.45) is 0 Å². The van der Waals surface area contributed by atoms with E-state index in [2.05, 4.69) is 17.9 Å². The van der Waals surface area contributed by atoms with Gasteiger partial charge in [0, 0.05) is 17.4 Å². The minimum atomic E-state index is -0.643. The normalized spacial score (nSPS) is 17.9. The summed E-state index contributed by atoms with van der Waals surface area (Å²) in [5, 5.41) is 3.01. The number of carbonyl (C=O) groups excluding carboxylic acids is 1. The van der Waals surface area contributed by atoms with Crippen molar-refractivity contribution in [3.8, 4) is 11.1 Å². The predicted octanol–water partition coefficient (Wildman–Crippen LogP) is 4.37. The van der Waals surface area contributed by atoms with E-state index in [-0.39, 0.29) is 11.7 Å². The third-order valence-corrected chi connectivity index (χ3v) is 5.22. The Balaban J connectivity index is 1.69. The van der Waals surface area contributed by atoms with Crippen molar-refractivity contribution >= 4 is 18.5 Å². The van der Waals surface area contributed by atoms with Gasteiger partial charge in [-0.15, -0.1) is 12.6 Å². The van der Waals surface area contributed by atoms with Crippen LogP contribution in [0.4, 0.5) is 4.39 Å². The van der Waals surface area contributed by atoms with Crippen LogP contribution in [0.1, 0.15) is 32.8 Å². The van der Waals surface area contributed by atoms with Crippen molar-refractivity contribution in [2.75, 3.05) is 13.2 Å². The van der Waals surface area contributed by atoms with E-state index in [4.69, 9.17) is 9.47 Å². The van der Waals surface area contributed by atoms with Gasteiger partial charge in [0.05, 0.1) is 18.8 Å². The smallest absolute Gasteiger partial charge is 0.217 e. The molecular weight excluding hydrogens is 377 g/mol. The average Bonchev–Trinajstić information content (AvgIpc) is 2.63. The number of amides is 1. The molecule has 1 N–H and O–H groups in total. The Morgan fingerprint density at radius 3 is 2.36 bits per heavy atom. The maximum absolute atomic E-state index is 14.1. The number of benzene rings is 2. The Kier molecular flexibility index (Phi) is 6.12. The average molecular weight is 404 g/mol. The van der Waals surface area contributed by atoms with Crippen LogP contribution >= 0.6 is 12.6 Å². The molecule has 2 aromatic rings. The summed E-state index contributed by atoms with van der Waals surface area (Å²) in [6.07, 6.45) is 1.43. The molecule has 0 saturated carbocycles. The second-order valence-electron chi connectivity index (χ2n) is 7.80. The highest BCUT2D eigenvalue weighted by Crippen LogP contribution is 2.29. The van der Waals surface area contributed by atoms with Gasteiger partial charge in [0.1, 0.15) is 5.82 Å². The summed E-state index contributed by atoms with van der Waals surface area (Å²) in [7, 11) is 0. The number of hydrogen-bond acceptors (Lipinski definition) is 4. The molecule has 0 radical (unpaired) electrons. The zero-order valence-corrected chi connectivity index (χ0v) is 17.3. The van der Waals surface area contributed by atoms with Gasteiger partial charge in [-0.2, -0.15) is 0 Å². The molecule has 0 bridgehead atoms. The zero-order valence-electron chi connectivity index (χ0n) is 16.4. The summed E-state index contributed by atoms with van der Waals surface area (Å²) < 4.78 is 25.7. The Morgan fingerprint density at radius 1 is 1.14 bits per heavy atom. The number of nitrogens with one attached hydrogen (secondary N) is 1. The first-order valence-corrected chi connectivity index (χ1v) is 9.77. The standard InChI is InChI=1S/C22H26FNO3S/c1-15(25)24-22(13-26-21(2,3)27-14-22)11-10-16-4-6-17(7-5-16)19-9-8-18(28)12-20(19)23/h4-9,12,28H,10-11,13-14H2,1-3H3,(H,24,25). The van der Waals surface area contributed by atoms with E-state index in [0.717, 1.165) is 17.5 Å². The number of halogens is 1. The van der Waals surface area contributed by atoms with E-state index in [9.17, 15) is 9.18 Å². The molecule has 6 heteroatoms. The highest BCUT2D eigenvalue weighted by molar-refractivity contribution is 7.80. The molecule has 0 atom stereocenters. The highest BCUT2D eigenvalue weighted by Gasteiger charge is 2.40. The van der Waals surface area contributed by atoms with Crippen molar-refractivity contribution in [2.45, 2.75) is 49.8 Å². The summed E-state index contributed by atoms with van der Waals surface area (Å²) >= 11 is 4.16.